The predicted molar refractivity (Wildman–Crippen MR) is 57.0 cm³/mol. The van der Waals surface area contributed by atoms with E-state index in [0.29, 0.717) is 0 Å². The van der Waals surface area contributed by atoms with Gasteiger partial charge in [0.15, 0.2) is 0 Å². The molecule has 0 bridgehead atoms. The highest BCUT2D eigenvalue weighted by molar-refractivity contribution is 5.66. The number of aliphatic hydroxyl groups excluding tert-OH is 1. The monoisotopic (exact) mass is 219 g/mol. The first-order valence-corrected chi connectivity index (χ1v) is 4.91. The summed E-state index contributed by atoms with van der Waals surface area (Å²) in [6.45, 7) is 6.84. The molecule has 0 spiro atoms. The maximum absolute atomic E-state index is 11.1. The molecule has 0 rings (SSSR count). The number of rotatable bonds is 4. The minimum atomic E-state index is -1.05. The summed E-state index contributed by atoms with van der Waals surface area (Å²) in [6, 6.07) is -0.549. The molecule has 0 saturated heterocycles. The van der Waals surface area contributed by atoms with Gasteiger partial charge < -0.3 is 14.9 Å². The fraction of sp³-hybridized carbons (Fsp3) is 0.900. The second kappa shape index (κ2) is 5.32. The highest BCUT2D eigenvalue weighted by Crippen LogP contribution is 2.20. The number of hydrogen-bond acceptors (Lipinski definition) is 3. The van der Waals surface area contributed by atoms with Crippen molar-refractivity contribution in [3.05, 3.63) is 0 Å². The average Bonchev–Trinajstić information content (AvgIpc) is 2.09. The molecule has 0 aliphatic carbocycles. The summed E-state index contributed by atoms with van der Waals surface area (Å²) >= 11 is 0. The van der Waals surface area contributed by atoms with Crippen molar-refractivity contribution in [2.45, 2.75) is 45.4 Å². The summed E-state index contributed by atoms with van der Waals surface area (Å²) in [6.07, 6.45) is -1.39. The number of hydrogen-bond donors (Lipinski definition) is 2. The van der Waals surface area contributed by atoms with Gasteiger partial charge in [-0.3, -0.25) is 4.90 Å². The third-order valence-corrected chi connectivity index (χ3v) is 2.36. The van der Waals surface area contributed by atoms with E-state index in [1.807, 2.05) is 0 Å². The SMILES string of the molecule is CO[C@H](C)[C@@H](CO)N(C(=O)O)C(C)(C)C. The van der Waals surface area contributed by atoms with Crippen LogP contribution < -0.4 is 0 Å². The number of nitrogens with zero attached hydrogens (tertiary/aromatic N) is 1. The molecule has 0 aliphatic heterocycles. The van der Waals surface area contributed by atoms with Crippen LogP contribution in [0.5, 0.6) is 0 Å². The molecule has 0 aliphatic rings. The first-order chi connectivity index (χ1) is 6.75. The Morgan fingerprint density at radius 2 is 1.93 bits per heavy atom. The largest absolute Gasteiger partial charge is 0.465 e. The maximum atomic E-state index is 11.1. The summed E-state index contributed by atoms with van der Waals surface area (Å²) in [7, 11) is 1.50. The first kappa shape index (κ1) is 14.2. The molecule has 0 aromatic rings. The normalized spacial score (nSPS) is 15.9. The van der Waals surface area contributed by atoms with Crippen LogP contribution in [0.2, 0.25) is 0 Å². The number of carbonyl (C=O) groups is 1. The van der Waals surface area contributed by atoms with Crippen molar-refractivity contribution in [3.63, 3.8) is 0 Å². The third-order valence-electron chi connectivity index (χ3n) is 2.36. The van der Waals surface area contributed by atoms with E-state index >= 15 is 0 Å². The lowest BCUT2D eigenvalue weighted by molar-refractivity contribution is -0.0265. The molecule has 0 fully saturated rings. The smallest absolute Gasteiger partial charge is 0.408 e. The molecule has 0 radical (unpaired) electrons. The van der Waals surface area contributed by atoms with Crippen LogP contribution in [-0.4, -0.2) is 52.6 Å². The van der Waals surface area contributed by atoms with E-state index in [4.69, 9.17) is 9.84 Å². The number of amides is 1. The zero-order valence-corrected chi connectivity index (χ0v) is 10.0. The van der Waals surface area contributed by atoms with E-state index in [9.17, 15) is 9.90 Å². The maximum Gasteiger partial charge on any atom is 0.408 e. The second-order valence-electron chi connectivity index (χ2n) is 4.51. The van der Waals surface area contributed by atoms with Crippen molar-refractivity contribution in [3.8, 4) is 0 Å². The Labute approximate surface area is 90.6 Å². The van der Waals surface area contributed by atoms with Crippen LogP contribution in [0.25, 0.3) is 0 Å². The molecule has 1 amide bonds. The van der Waals surface area contributed by atoms with Gasteiger partial charge in [0.05, 0.1) is 18.8 Å². The van der Waals surface area contributed by atoms with Crippen LogP contribution in [0.15, 0.2) is 0 Å². The van der Waals surface area contributed by atoms with Crippen molar-refractivity contribution in [1.29, 1.82) is 0 Å². The second-order valence-corrected chi connectivity index (χ2v) is 4.51. The molecule has 5 heteroatoms. The van der Waals surface area contributed by atoms with Crippen molar-refractivity contribution in [1.82, 2.24) is 4.90 Å². The zero-order valence-electron chi connectivity index (χ0n) is 10.0. The minimum absolute atomic E-state index is 0.251. The molecule has 0 saturated carbocycles. The number of carboxylic acid groups (broad SMARTS) is 1. The van der Waals surface area contributed by atoms with Gasteiger partial charge in [-0.1, -0.05) is 0 Å². The van der Waals surface area contributed by atoms with Gasteiger partial charge in [-0.15, -0.1) is 0 Å². The lowest BCUT2D eigenvalue weighted by Gasteiger charge is -2.40. The Morgan fingerprint density at radius 1 is 1.47 bits per heavy atom. The molecule has 5 nitrogen and oxygen atoms in total. The predicted octanol–water partition coefficient (Wildman–Crippen LogP) is 1.16. The van der Waals surface area contributed by atoms with Crippen LogP contribution in [0.3, 0.4) is 0 Å². The van der Waals surface area contributed by atoms with E-state index in [2.05, 4.69) is 0 Å². The minimum Gasteiger partial charge on any atom is -0.465 e. The van der Waals surface area contributed by atoms with Crippen molar-refractivity contribution >= 4 is 6.09 Å². The van der Waals surface area contributed by atoms with Gasteiger partial charge in [0.25, 0.3) is 0 Å². The number of methoxy groups -OCH3 is 1. The fourth-order valence-electron chi connectivity index (χ4n) is 1.52. The van der Waals surface area contributed by atoms with Gasteiger partial charge in [0.2, 0.25) is 0 Å². The summed E-state index contributed by atoms with van der Waals surface area (Å²) < 4.78 is 5.06. The average molecular weight is 219 g/mol. The van der Waals surface area contributed by atoms with Crippen molar-refractivity contribution < 1.29 is 19.7 Å². The molecule has 2 atom stereocenters. The van der Waals surface area contributed by atoms with E-state index in [1.54, 1.807) is 27.7 Å². The summed E-state index contributed by atoms with van der Waals surface area (Å²) in [4.78, 5) is 12.3. The molecule has 0 aromatic heterocycles. The molecule has 15 heavy (non-hydrogen) atoms. The standard InChI is InChI=1S/C10H21NO4/c1-7(15-5)8(6-12)11(9(13)14)10(2,3)4/h7-8,12H,6H2,1-5H3,(H,13,14)/t7-,8-/m1/s1. The fourth-order valence-corrected chi connectivity index (χ4v) is 1.52. The summed E-state index contributed by atoms with van der Waals surface area (Å²) in [5, 5.41) is 18.3. The molecule has 2 N–H and O–H groups in total. The van der Waals surface area contributed by atoms with E-state index in [-0.39, 0.29) is 12.7 Å². The van der Waals surface area contributed by atoms with Crippen LogP contribution in [0, 0.1) is 0 Å². The zero-order chi connectivity index (χ0) is 12.2. The highest BCUT2D eigenvalue weighted by Gasteiger charge is 2.35. The van der Waals surface area contributed by atoms with Gasteiger partial charge in [-0.2, -0.15) is 0 Å². The Morgan fingerprint density at radius 3 is 2.13 bits per heavy atom. The first-order valence-electron chi connectivity index (χ1n) is 4.91. The molecule has 90 valence electrons. The van der Waals surface area contributed by atoms with Gasteiger partial charge in [-0.05, 0) is 27.7 Å². The topological polar surface area (TPSA) is 70.0 Å². The quantitative estimate of drug-likeness (QED) is 0.744. The van der Waals surface area contributed by atoms with Gasteiger partial charge in [-0.25, -0.2) is 4.79 Å². The molecule has 0 aromatic carbocycles. The number of aliphatic hydroxyl groups is 1. The Balaban J connectivity index is 4.96. The lowest BCUT2D eigenvalue weighted by atomic mass is 10.0. The highest BCUT2D eigenvalue weighted by atomic mass is 16.5. The van der Waals surface area contributed by atoms with Crippen molar-refractivity contribution in [2.24, 2.45) is 0 Å². The molecule has 0 unspecified atom stereocenters. The van der Waals surface area contributed by atoms with Gasteiger partial charge in [0.1, 0.15) is 0 Å². The third kappa shape index (κ3) is 3.68. The van der Waals surface area contributed by atoms with Crippen LogP contribution in [0.4, 0.5) is 4.79 Å². The van der Waals surface area contributed by atoms with E-state index < -0.39 is 17.7 Å². The van der Waals surface area contributed by atoms with Crippen LogP contribution in [-0.2, 0) is 4.74 Å². The Hall–Kier alpha value is -0.810. The summed E-state index contributed by atoms with van der Waals surface area (Å²) in [5.41, 5.74) is -0.563. The van der Waals surface area contributed by atoms with E-state index in [0.717, 1.165) is 0 Å². The van der Waals surface area contributed by atoms with E-state index in [1.165, 1.54) is 12.0 Å². The number of ether oxygens (including phenoxy) is 1. The Bertz CT molecular complexity index is 212. The molecular weight excluding hydrogens is 198 g/mol. The molecular formula is C10H21NO4. The van der Waals surface area contributed by atoms with Crippen LogP contribution >= 0.6 is 0 Å². The van der Waals surface area contributed by atoms with Gasteiger partial charge >= 0.3 is 6.09 Å². The Kier molecular flexibility index (Phi) is 5.03. The van der Waals surface area contributed by atoms with Crippen LogP contribution in [0.1, 0.15) is 27.7 Å². The molecule has 0 heterocycles. The van der Waals surface area contributed by atoms with Crippen molar-refractivity contribution in [2.75, 3.05) is 13.7 Å². The lowest BCUT2D eigenvalue weighted by Crippen LogP contribution is -2.56. The van der Waals surface area contributed by atoms with Gasteiger partial charge in [0, 0.05) is 12.6 Å². The summed E-state index contributed by atoms with van der Waals surface area (Å²) in [5.74, 6) is 0.